The van der Waals surface area contributed by atoms with Crippen molar-refractivity contribution in [3.8, 4) is 0 Å². The zero-order chi connectivity index (χ0) is 22.6. The second-order valence-electron chi connectivity index (χ2n) is 9.53. The fraction of sp³-hybridized carbons (Fsp3) is 0.727. The van der Waals surface area contributed by atoms with E-state index in [9.17, 15) is 9.59 Å². The van der Waals surface area contributed by atoms with Crippen LogP contribution in [0.1, 0.15) is 57.8 Å². The van der Waals surface area contributed by atoms with Gasteiger partial charge in [0, 0.05) is 25.7 Å². The lowest BCUT2D eigenvalue weighted by atomic mass is 10.0. The molecule has 0 radical (unpaired) electrons. The maximum absolute atomic E-state index is 12.8. The van der Waals surface area contributed by atoms with Crippen molar-refractivity contribution >= 4 is 17.7 Å². The summed E-state index contributed by atoms with van der Waals surface area (Å²) in [5.41, 5.74) is 0.786. The van der Waals surface area contributed by atoms with Crippen LogP contribution in [0, 0.1) is 19.8 Å². The van der Waals surface area contributed by atoms with E-state index in [1.165, 1.54) is 25.7 Å². The van der Waals surface area contributed by atoms with Crippen LogP contribution >= 0.6 is 0 Å². The number of hydrogen-bond acceptors (Lipinski definition) is 7. The second kappa shape index (κ2) is 9.91. The molecular formula is C22H35N5O4. The van der Waals surface area contributed by atoms with Gasteiger partial charge >= 0.3 is 6.09 Å². The molecule has 3 rings (SSSR count). The average molecular weight is 434 g/mol. The van der Waals surface area contributed by atoms with Crippen LogP contribution in [0.4, 0.5) is 10.5 Å². The second-order valence-corrected chi connectivity index (χ2v) is 9.53. The minimum atomic E-state index is -0.715. The van der Waals surface area contributed by atoms with Crippen molar-refractivity contribution < 1.29 is 19.2 Å². The van der Waals surface area contributed by atoms with E-state index in [1.807, 2.05) is 0 Å². The van der Waals surface area contributed by atoms with Gasteiger partial charge in [-0.2, -0.15) is 0 Å². The minimum Gasteiger partial charge on any atom is -0.442 e. The molecule has 1 aliphatic carbocycles. The quantitative estimate of drug-likeness (QED) is 0.661. The highest BCUT2D eigenvalue weighted by molar-refractivity contribution is 5.87. The molecule has 1 N–H and O–H groups in total. The fourth-order valence-electron chi connectivity index (χ4n) is 3.71. The van der Waals surface area contributed by atoms with Gasteiger partial charge in [0.2, 0.25) is 5.91 Å². The first kappa shape index (κ1) is 23.4. The van der Waals surface area contributed by atoms with E-state index >= 15 is 0 Å². The summed E-state index contributed by atoms with van der Waals surface area (Å²) in [7, 11) is 0. The summed E-state index contributed by atoms with van der Waals surface area (Å²) in [5.74, 6) is 0.619. The van der Waals surface area contributed by atoms with Gasteiger partial charge in [-0.15, -0.1) is 5.06 Å². The Kier molecular flexibility index (Phi) is 7.48. The summed E-state index contributed by atoms with van der Waals surface area (Å²) in [5, 5.41) is 4.02. The maximum atomic E-state index is 12.8. The van der Waals surface area contributed by atoms with Crippen molar-refractivity contribution in [2.24, 2.45) is 5.92 Å². The van der Waals surface area contributed by atoms with Gasteiger partial charge in [-0.25, -0.2) is 14.8 Å². The van der Waals surface area contributed by atoms with Gasteiger partial charge in [-0.3, -0.25) is 9.63 Å². The number of ether oxygens (including phenoxy) is 1. The van der Waals surface area contributed by atoms with Crippen molar-refractivity contribution in [3.05, 3.63) is 17.7 Å². The number of carbonyl (C=O) groups is 2. The molecule has 1 aromatic rings. The highest BCUT2D eigenvalue weighted by atomic mass is 16.7. The van der Waals surface area contributed by atoms with Crippen LogP contribution in [-0.2, 0) is 14.4 Å². The third-order valence-corrected chi connectivity index (χ3v) is 5.44. The lowest BCUT2D eigenvalue weighted by Gasteiger charge is -2.32. The summed E-state index contributed by atoms with van der Waals surface area (Å²) in [6.45, 7) is 11.7. The fourth-order valence-corrected chi connectivity index (χ4v) is 3.71. The Morgan fingerprint density at radius 3 is 2.29 bits per heavy atom. The van der Waals surface area contributed by atoms with E-state index < -0.39 is 11.7 Å². The number of anilines is 1. The first-order chi connectivity index (χ1) is 14.6. The summed E-state index contributed by atoms with van der Waals surface area (Å²) >= 11 is 0. The molecule has 31 heavy (non-hydrogen) atoms. The van der Waals surface area contributed by atoms with Crippen LogP contribution in [0.3, 0.4) is 0 Å². The van der Waals surface area contributed by atoms with E-state index in [-0.39, 0.29) is 18.6 Å². The molecule has 1 aliphatic heterocycles. The zero-order valence-electron chi connectivity index (χ0n) is 19.3. The smallest absolute Gasteiger partial charge is 0.439 e. The average Bonchev–Trinajstić information content (AvgIpc) is 3.48. The molecule has 0 spiro atoms. The van der Waals surface area contributed by atoms with Gasteiger partial charge < -0.3 is 15.0 Å². The third-order valence-electron chi connectivity index (χ3n) is 5.44. The highest BCUT2D eigenvalue weighted by Crippen LogP contribution is 2.30. The van der Waals surface area contributed by atoms with E-state index in [4.69, 9.17) is 9.57 Å². The number of aryl methyl sites for hydroxylation is 2. The number of nitrogens with zero attached hydrogens (tertiary/aromatic N) is 4. The Hall–Kier alpha value is -2.26. The molecule has 1 saturated carbocycles. The van der Waals surface area contributed by atoms with Crippen molar-refractivity contribution in [3.63, 3.8) is 0 Å². The monoisotopic (exact) mass is 433 g/mol. The van der Waals surface area contributed by atoms with E-state index in [2.05, 4.69) is 20.2 Å². The lowest BCUT2D eigenvalue weighted by Crippen LogP contribution is -2.47. The Morgan fingerprint density at radius 1 is 1.13 bits per heavy atom. The molecule has 0 unspecified atom stereocenters. The third kappa shape index (κ3) is 7.14. The lowest BCUT2D eigenvalue weighted by molar-refractivity contribution is -0.127. The molecule has 9 nitrogen and oxygen atoms in total. The van der Waals surface area contributed by atoms with Gasteiger partial charge in [-0.1, -0.05) is 0 Å². The van der Waals surface area contributed by atoms with Crippen LogP contribution in [0.5, 0.6) is 0 Å². The van der Waals surface area contributed by atoms with Crippen molar-refractivity contribution in [1.29, 1.82) is 0 Å². The van der Waals surface area contributed by atoms with Crippen molar-refractivity contribution in [2.45, 2.75) is 71.9 Å². The molecular weight excluding hydrogens is 398 g/mol. The van der Waals surface area contributed by atoms with Crippen LogP contribution in [0.25, 0.3) is 0 Å². The molecule has 0 aromatic carbocycles. The number of amides is 2. The number of carbonyl (C=O) groups excluding carboxylic acids is 2. The molecule has 9 heteroatoms. The summed E-state index contributed by atoms with van der Waals surface area (Å²) in [6.07, 6.45) is 5.28. The summed E-state index contributed by atoms with van der Waals surface area (Å²) in [6, 6.07) is 0.130. The number of nitrogens with one attached hydrogen (secondary N) is 1. The first-order valence-corrected chi connectivity index (χ1v) is 11.1. The van der Waals surface area contributed by atoms with E-state index in [0.29, 0.717) is 17.1 Å². The molecule has 1 aromatic heterocycles. The molecule has 2 heterocycles. The van der Waals surface area contributed by atoms with Gasteiger partial charge in [0.1, 0.15) is 17.6 Å². The standard InChI is InChI=1S/C22H35N5O4/c1-15-20(16(2)24-14-23-15)27(21(29)31-22(3,4)5)30-13-19(28)25-18-8-10-26(11-9-18)12-17-6-7-17/h14,17-18H,6-13H2,1-5H3,(H,25,28). The number of likely N-dealkylation sites (tertiary alicyclic amines) is 1. The van der Waals surface area contributed by atoms with Gasteiger partial charge in [0.15, 0.2) is 6.61 Å². The van der Waals surface area contributed by atoms with Crippen LogP contribution in [0.2, 0.25) is 0 Å². The molecule has 2 aliphatic rings. The van der Waals surface area contributed by atoms with E-state index in [0.717, 1.165) is 36.9 Å². The molecule has 0 bridgehead atoms. The van der Waals surface area contributed by atoms with Crippen molar-refractivity contribution in [2.75, 3.05) is 31.3 Å². The number of aromatic nitrogens is 2. The number of hydrogen-bond donors (Lipinski definition) is 1. The van der Waals surface area contributed by atoms with E-state index in [1.54, 1.807) is 34.6 Å². The van der Waals surface area contributed by atoms with Crippen LogP contribution in [-0.4, -0.2) is 64.8 Å². The van der Waals surface area contributed by atoms with Crippen LogP contribution in [0.15, 0.2) is 6.33 Å². The van der Waals surface area contributed by atoms with Gasteiger partial charge in [0.05, 0.1) is 11.4 Å². The molecule has 1 saturated heterocycles. The zero-order valence-corrected chi connectivity index (χ0v) is 19.3. The minimum absolute atomic E-state index is 0.130. The van der Waals surface area contributed by atoms with Crippen LogP contribution < -0.4 is 10.4 Å². The Balaban J connectivity index is 1.56. The summed E-state index contributed by atoms with van der Waals surface area (Å²) < 4.78 is 5.46. The summed E-state index contributed by atoms with van der Waals surface area (Å²) in [4.78, 5) is 41.7. The number of piperidine rings is 1. The number of rotatable bonds is 7. The SMILES string of the molecule is Cc1ncnc(C)c1N(OCC(=O)NC1CCN(CC2CC2)CC1)C(=O)OC(C)(C)C. The van der Waals surface area contributed by atoms with Crippen molar-refractivity contribution in [1.82, 2.24) is 20.2 Å². The largest absolute Gasteiger partial charge is 0.442 e. The Morgan fingerprint density at radius 2 is 1.74 bits per heavy atom. The molecule has 2 fully saturated rings. The predicted octanol–water partition coefficient (Wildman–Crippen LogP) is 2.76. The maximum Gasteiger partial charge on any atom is 0.439 e. The molecule has 2 amide bonds. The van der Waals surface area contributed by atoms with Gasteiger partial charge in [-0.05, 0) is 66.2 Å². The van der Waals surface area contributed by atoms with Gasteiger partial charge in [0.25, 0.3) is 0 Å². The normalized spacial score (nSPS) is 18.0. The highest BCUT2D eigenvalue weighted by Gasteiger charge is 2.30. The molecule has 172 valence electrons. The number of hydroxylamine groups is 1. The molecule has 0 atom stereocenters. The first-order valence-electron chi connectivity index (χ1n) is 11.1. The topological polar surface area (TPSA) is 96.9 Å². The Labute approximate surface area is 184 Å². The predicted molar refractivity (Wildman–Crippen MR) is 116 cm³/mol. The Bertz CT molecular complexity index is 762.